The maximum Gasteiger partial charge on any atom is 0.216 e. The van der Waals surface area contributed by atoms with Gasteiger partial charge in [-0.1, -0.05) is 18.2 Å². The number of anilines is 1. The Morgan fingerprint density at radius 2 is 2.06 bits per heavy atom. The number of aliphatic hydroxyl groups is 1. The van der Waals surface area contributed by atoms with Crippen molar-refractivity contribution in [2.45, 2.75) is 12.8 Å². The molecule has 17 heavy (non-hydrogen) atoms. The molecule has 0 radical (unpaired) electrons. The molecule has 4 heteroatoms. The molecular weight excluding hydrogens is 216 g/mol. The Labute approximate surface area is 101 Å². The maximum absolute atomic E-state index is 9.53. The van der Waals surface area contributed by atoms with Gasteiger partial charge in [-0.25, -0.2) is 0 Å². The van der Waals surface area contributed by atoms with Crippen molar-refractivity contribution in [3.05, 3.63) is 35.9 Å². The van der Waals surface area contributed by atoms with Crippen molar-refractivity contribution >= 4 is 11.3 Å². The van der Waals surface area contributed by atoms with Crippen molar-refractivity contribution in [3.8, 4) is 0 Å². The Kier molecular flexibility index (Phi) is 3.78. The van der Waals surface area contributed by atoms with Gasteiger partial charge in [0, 0.05) is 25.9 Å². The number of methoxy groups -OCH3 is 1. The molecule has 0 saturated heterocycles. The highest BCUT2D eigenvalue weighted by molar-refractivity contribution is 5.67. The summed E-state index contributed by atoms with van der Waals surface area (Å²) in [5, 5.41) is 9.53. The number of nitrogen functional groups attached to an aromatic ring is 1. The zero-order valence-electron chi connectivity index (χ0n) is 9.97. The van der Waals surface area contributed by atoms with E-state index in [1.807, 2.05) is 29.2 Å². The van der Waals surface area contributed by atoms with Crippen LogP contribution in [0.5, 0.6) is 0 Å². The Balaban J connectivity index is 2.05. The molecule has 0 aliphatic carbocycles. The molecule has 1 aliphatic rings. The third-order valence-electron chi connectivity index (χ3n) is 3.05. The second-order valence-corrected chi connectivity index (χ2v) is 4.16. The third-order valence-corrected chi connectivity index (χ3v) is 3.05. The van der Waals surface area contributed by atoms with Gasteiger partial charge in [0.05, 0.1) is 0 Å². The SMILES string of the molecule is COC(O)N1CC=C(c2ccc(N)cc2)CC1. The molecule has 2 rings (SSSR count). The number of benzene rings is 1. The van der Waals surface area contributed by atoms with Crippen LogP contribution < -0.4 is 5.73 Å². The Morgan fingerprint density at radius 3 is 2.59 bits per heavy atom. The molecular formula is C13H18N2O2. The van der Waals surface area contributed by atoms with E-state index in [1.165, 1.54) is 18.2 Å². The first-order valence-electron chi connectivity index (χ1n) is 5.70. The van der Waals surface area contributed by atoms with Crippen LogP contribution in [0, 0.1) is 0 Å². The molecule has 92 valence electrons. The van der Waals surface area contributed by atoms with E-state index in [9.17, 15) is 5.11 Å². The predicted octanol–water partition coefficient (Wildman–Crippen LogP) is 1.28. The van der Waals surface area contributed by atoms with E-state index >= 15 is 0 Å². The minimum Gasteiger partial charge on any atom is -0.399 e. The molecule has 1 aromatic rings. The fourth-order valence-electron chi connectivity index (χ4n) is 1.99. The summed E-state index contributed by atoms with van der Waals surface area (Å²) in [6.07, 6.45) is 2.22. The van der Waals surface area contributed by atoms with Crippen molar-refractivity contribution in [1.29, 1.82) is 0 Å². The number of nitrogens with zero attached hydrogens (tertiary/aromatic N) is 1. The van der Waals surface area contributed by atoms with Crippen LogP contribution in [0.3, 0.4) is 0 Å². The van der Waals surface area contributed by atoms with Gasteiger partial charge < -0.3 is 15.6 Å². The number of nitrogens with two attached hydrogens (primary N) is 1. The number of hydrogen-bond donors (Lipinski definition) is 2. The molecule has 4 nitrogen and oxygen atoms in total. The van der Waals surface area contributed by atoms with Gasteiger partial charge in [0.15, 0.2) is 0 Å². The predicted molar refractivity (Wildman–Crippen MR) is 68.0 cm³/mol. The molecule has 0 fully saturated rings. The number of hydrogen-bond acceptors (Lipinski definition) is 4. The zero-order chi connectivity index (χ0) is 12.3. The van der Waals surface area contributed by atoms with E-state index in [1.54, 1.807) is 0 Å². The van der Waals surface area contributed by atoms with Crippen LogP contribution in [0.4, 0.5) is 5.69 Å². The summed E-state index contributed by atoms with van der Waals surface area (Å²) in [6, 6.07) is 7.88. The van der Waals surface area contributed by atoms with Gasteiger partial charge in [-0.3, -0.25) is 4.90 Å². The van der Waals surface area contributed by atoms with E-state index in [2.05, 4.69) is 6.08 Å². The molecule has 1 heterocycles. The molecule has 0 saturated carbocycles. The fourth-order valence-corrected chi connectivity index (χ4v) is 1.99. The molecule has 0 aromatic heterocycles. The van der Waals surface area contributed by atoms with Crippen LogP contribution in [0.15, 0.2) is 30.3 Å². The lowest BCUT2D eigenvalue weighted by Crippen LogP contribution is -2.39. The number of rotatable bonds is 3. The van der Waals surface area contributed by atoms with Gasteiger partial charge in [-0.2, -0.15) is 0 Å². The van der Waals surface area contributed by atoms with Gasteiger partial charge in [-0.15, -0.1) is 0 Å². The minimum atomic E-state index is -0.806. The molecule has 0 amide bonds. The molecule has 1 aliphatic heterocycles. The standard InChI is InChI=1S/C13H18N2O2/c1-17-13(16)15-8-6-11(7-9-15)10-2-4-12(14)5-3-10/h2-6,13,16H,7-9,14H2,1H3. The number of aliphatic hydroxyl groups excluding tert-OH is 1. The lowest BCUT2D eigenvalue weighted by molar-refractivity contribution is -0.173. The lowest BCUT2D eigenvalue weighted by Gasteiger charge is -2.29. The van der Waals surface area contributed by atoms with Crippen LogP contribution in [0.2, 0.25) is 0 Å². The topological polar surface area (TPSA) is 58.7 Å². The highest BCUT2D eigenvalue weighted by Gasteiger charge is 2.18. The Hall–Kier alpha value is -1.36. The van der Waals surface area contributed by atoms with Gasteiger partial charge >= 0.3 is 0 Å². The number of ether oxygens (including phenoxy) is 1. The second kappa shape index (κ2) is 5.31. The highest BCUT2D eigenvalue weighted by Crippen LogP contribution is 2.23. The first-order valence-corrected chi connectivity index (χ1v) is 5.70. The first kappa shape index (κ1) is 12.1. The molecule has 3 N–H and O–H groups in total. The Bertz CT molecular complexity index is 400. The monoisotopic (exact) mass is 234 g/mol. The highest BCUT2D eigenvalue weighted by atomic mass is 16.6. The molecule has 1 unspecified atom stereocenters. The summed E-state index contributed by atoms with van der Waals surface area (Å²) < 4.78 is 4.88. The van der Waals surface area contributed by atoms with Crippen LogP contribution >= 0.6 is 0 Å². The average Bonchev–Trinajstić information content (AvgIpc) is 2.39. The quantitative estimate of drug-likeness (QED) is 0.611. The van der Waals surface area contributed by atoms with Crippen molar-refractivity contribution < 1.29 is 9.84 Å². The molecule has 0 spiro atoms. The lowest BCUT2D eigenvalue weighted by atomic mass is 9.99. The van der Waals surface area contributed by atoms with E-state index in [0.29, 0.717) is 6.54 Å². The molecule has 1 aromatic carbocycles. The molecule has 1 atom stereocenters. The zero-order valence-corrected chi connectivity index (χ0v) is 9.97. The summed E-state index contributed by atoms with van der Waals surface area (Å²) in [5.41, 5.74) is 8.93. The van der Waals surface area contributed by atoms with Crippen LogP contribution in [-0.4, -0.2) is 36.6 Å². The van der Waals surface area contributed by atoms with E-state index in [0.717, 1.165) is 18.7 Å². The second-order valence-electron chi connectivity index (χ2n) is 4.16. The normalized spacial score (nSPS) is 18.8. The van der Waals surface area contributed by atoms with E-state index in [4.69, 9.17) is 10.5 Å². The summed E-state index contributed by atoms with van der Waals surface area (Å²) >= 11 is 0. The largest absolute Gasteiger partial charge is 0.399 e. The summed E-state index contributed by atoms with van der Waals surface area (Å²) in [7, 11) is 1.50. The van der Waals surface area contributed by atoms with Gasteiger partial charge in [-0.05, 0) is 29.7 Å². The van der Waals surface area contributed by atoms with Crippen LogP contribution in [-0.2, 0) is 4.74 Å². The van der Waals surface area contributed by atoms with Crippen molar-refractivity contribution in [1.82, 2.24) is 4.90 Å². The smallest absolute Gasteiger partial charge is 0.216 e. The molecule has 0 bridgehead atoms. The maximum atomic E-state index is 9.53. The fraction of sp³-hybridized carbons (Fsp3) is 0.385. The van der Waals surface area contributed by atoms with Crippen molar-refractivity contribution in [2.24, 2.45) is 0 Å². The summed E-state index contributed by atoms with van der Waals surface area (Å²) in [6.45, 7) is 1.50. The van der Waals surface area contributed by atoms with Crippen molar-refractivity contribution in [3.63, 3.8) is 0 Å². The summed E-state index contributed by atoms with van der Waals surface area (Å²) in [4.78, 5) is 1.88. The van der Waals surface area contributed by atoms with Gasteiger partial charge in [0.2, 0.25) is 6.41 Å². The van der Waals surface area contributed by atoms with Crippen LogP contribution in [0.25, 0.3) is 5.57 Å². The summed E-state index contributed by atoms with van der Waals surface area (Å²) in [5.74, 6) is 0. The third kappa shape index (κ3) is 2.85. The van der Waals surface area contributed by atoms with Gasteiger partial charge in [0.1, 0.15) is 0 Å². The average molecular weight is 234 g/mol. The van der Waals surface area contributed by atoms with E-state index in [-0.39, 0.29) is 0 Å². The van der Waals surface area contributed by atoms with E-state index < -0.39 is 6.41 Å². The van der Waals surface area contributed by atoms with Gasteiger partial charge in [0.25, 0.3) is 0 Å². The van der Waals surface area contributed by atoms with Crippen molar-refractivity contribution in [2.75, 3.05) is 25.9 Å². The van der Waals surface area contributed by atoms with Crippen LogP contribution in [0.1, 0.15) is 12.0 Å². The Morgan fingerprint density at radius 1 is 1.35 bits per heavy atom. The first-order chi connectivity index (χ1) is 8.20. The minimum absolute atomic E-state index is 0.703.